The summed E-state index contributed by atoms with van der Waals surface area (Å²) in [6, 6.07) is 51.3. The number of hydrogen-bond acceptors (Lipinski definition) is 1. The summed E-state index contributed by atoms with van der Waals surface area (Å²) in [5, 5.41) is 3.95. The summed E-state index contributed by atoms with van der Waals surface area (Å²) in [6.45, 7) is 0. The Morgan fingerprint density at radius 3 is 2.20 bits per heavy atom. The molecule has 1 atom stereocenters. The molecule has 0 amide bonds. The third kappa shape index (κ3) is 3.35. The Bertz CT molecular complexity index is 2250. The summed E-state index contributed by atoms with van der Waals surface area (Å²) < 4.78 is 5.09. The lowest BCUT2D eigenvalue weighted by atomic mass is 9.88. The van der Waals surface area contributed by atoms with Gasteiger partial charge in [0.2, 0.25) is 0 Å². The van der Waals surface area contributed by atoms with Gasteiger partial charge < -0.3 is 4.57 Å². The number of nitrogens with zero attached hydrogens (tertiary/aromatic N) is 1. The quantitative estimate of drug-likeness (QED) is 0.210. The first-order valence-corrected chi connectivity index (χ1v) is 15.0. The Balaban J connectivity index is 1.21. The molecule has 1 aliphatic carbocycles. The lowest BCUT2D eigenvalue weighted by Crippen LogP contribution is -2.02. The zero-order chi connectivity index (χ0) is 26.9. The minimum Gasteiger partial charge on any atom is -0.316 e. The third-order valence-corrected chi connectivity index (χ3v) is 9.96. The first kappa shape index (κ1) is 22.9. The molecule has 1 nitrogen and oxygen atoms in total. The van der Waals surface area contributed by atoms with E-state index in [1.54, 1.807) is 0 Å². The van der Waals surface area contributed by atoms with E-state index in [0.29, 0.717) is 0 Å². The molecule has 192 valence electrons. The first-order chi connectivity index (χ1) is 20.3. The minimum absolute atomic E-state index is 0.213. The van der Waals surface area contributed by atoms with E-state index in [1.807, 2.05) is 11.3 Å². The molecule has 6 aromatic carbocycles. The van der Waals surface area contributed by atoms with Crippen LogP contribution in [-0.4, -0.2) is 4.57 Å². The van der Waals surface area contributed by atoms with Gasteiger partial charge >= 0.3 is 0 Å². The predicted octanol–water partition coefficient (Wildman–Crippen LogP) is 10.8. The van der Waals surface area contributed by atoms with Gasteiger partial charge in [-0.05, 0) is 63.2 Å². The average Bonchev–Trinajstić information content (AvgIpc) is 3.73. The van der Waals surface area contributed by atoms with Crippen molar-refractivity contribution in [1.82, 2.24) is 4.57 Å². The molecule has 0 spiro atoms. The van der Waals surface area contributed by atoms with Crippen molar-refractivity contribution in [2.45, 2.75) is 5.92 Å². The Morgan fingerprint density at radius 1 is 0.537 bits per heavy atom. The highest BCUT2D eigenvalue weighted by Gasteiger charge is 2.32. The van der Waals surface area contributed by atoms with Crippen LogP contribution in [0.15, 0.2) is 146 Å². The number of thiophene rings is 1. The SMILES string of the molecule is c1ccc(C2c3ccccc3-c3ccc4ccn(-c5ccc(-c6cccc7c6sc6ccccc67)cc5)c4c32)cc1. The van der Waals surface area contributed by atoms with Gasteiger partial charge in [-0.2, -0.15) is 0 Å². The van der Waals surface area contributed by atoms with Gasteiger partial charge in [-0.15, -0.1) is 11.3 Å². The van der Waals surface area contributed by atoms with Crippen LogP contribution in [0.4, 0.5) is 0 Å². The van der Waals surface area contributed by atoms with Crippen molar-refractivity contribution in [2.75, 3.05) is 0 Å². The van der Waals surface area contributed by atoms with E-state index in [2.05, 4.69) is 150 Å². The molecular weight excluding hydrogens is 515 g/mol. The van der Waals surface area contributed by atoms with Gasteiger partial charge in [-0.1, -0.05) is 115 Å². The second-order valence-corrected chi connectivity index (χ2v) is 12.0. The maximum absolute atomic E-state index is 2.39. The molecule has 1 aliphatic rings. The predicted molar refractivity (Wildman–Crippen MR) is 174 cm³/mol. The smallest absolute Gasteiger partial charge is 0.0576 e. The third-order valence-electron chi connectivity index (χ3n) is 8.74. The van der Waals surface area contributed by atoms with Gasteiger partial charge in [-0.3, -0.25) is 0 Å². The molecule has 2 heteroatoms. The van der Waals surface area contributed by atoms with Gasteiger partial charge in [0, 0.05) is 43.4 Å². The molecule has 0 aliphatic heterocycles. The van der Waals surface area contributed by atoms with Crippen LogP contribution < -0.4 is 0 Å². The summed E-state index contributed by atoms with van der Waals surface area (Å²) in [5.41, 5.74) is 11.9. The highest BCUT2D eigenvalue weighted by Crippen LogP contribution is 2.51. The Morgan fingerprint density at radius 2 is 1.29 bits per heavy atom. The Labute approximate surface area is 242 Å². The monoisotopic (exact) mass is 539 g/mol. The molecule has 41 heavy (non-hydrogen) atoms. The van der Waals surface area contributed by atoms with Crippen molar-refractivity contribution in [3.63, 3.8) is 0 Å². The zero-order valence-corrected chi connectivity index (χ0v) is 23.1. The van der Waals surface area contributed by atoms with E-state index in [0.717, 1.165) is 0 Å². The fraction of sp³-hybridized carbons (Fsp3) is 0.0256. The van der Waals surface area contributed by atoms with Crippen LogP contribution in [0.1, 0.15) is 22.6 Å². The van der Waals surface area contributed by atoms with Gasteiger partial charge in [0.15, 0.2) is 0 Å². The molecule has 0 fully saturated rings. The van der Waals surface area contributed by atoms with E-state index in [4.69, 9.17) is 0 Å². The fourth-order valence-corrected chi connectivity index (χ4v) is 8.16. The van der Waals surface area contributed by atoms with Crippen molar-refractivity contribution >= 4 is 42.4 Å². The molecule has 2 aromatic heterocycles. The molecule has 0 saturated heterocycles. The summed E-state index contributed by atoms with van der Waals surface area (Å²) in [7, 11) is 0. The maximum atomic E-state index is 2.39. The standard InChI is InChI=1S/C39H25NS/c1-2-9-26(10-3-1)36-32-13-5-4-11-30(32)33-22-19-27-23-24-40(38(27)37(33)36)28-20-17-25(18-21-28)29-14-8-15-34-31-12-6-7-16-35(31)41-39(29)34/h1-24,36H. The van der Waals surface area contributed by atoms with Crippen molar-refractivity contribution in [3.05, 3.63) is 162 Å². The molecule has 0 bridgehead atoms. The van der Waals surface area contributed by atoms with Crippen LogP contribution in [0, 0.1) is 0 Å². The van der Waals surface area contributed by atoms with E-state index < -0.39 is 0 Å². The summed E-state index contributed by atoms with van der Waals surface area (Å²) in [5.74, 6) is 0.213. The van der Waals surface area contributed by atoms with Crippen molar-refractivity contribution < 1.29 is 0 Å². The van der Waals surface area contributed by atoms with Crippen molar-refractivity contribution in [3.8, 4) is 27.9 Å². The number of rotatable bonds is 3. The molecule has 8 aromatic rings. The number of hydrogen-bond donors (Lipinski definition) is 0. The highest BCUT2D eigenvalue weighted by atomic mass is 32.1. The molecule has 1 unspecified atom stereocenters. The molecule has 9 rings (SSSR count). The average molecular weight is 540 g/mol. The van der Waals surface area contributed by atoms with Crippen LogP contribution >= 0.6 is 11.3 Å². The normalized spacial score (nSPS) is 14.1. The lowest BCUT2D eigenvalue weighted by Gasteiger charge is -2.17. The van der Waals surface area contributed by atoms with Crippen molar-refractivity contribution in [2.24, 2.45) is 0 Å². The first-order valence-electron chi connectivity index (χ1n) is 14.1. The number of benzene rings is 6. The Kier molecular flexibility index (Phi) is 4.90. The largest absolute Gasteiger partial charge is 0.316 e. The van der Waals surface area contributed by atoms with E-state index in [1.165, 1.54) is 75.7 Å². The lowest BCUT2D eigenvalue weighted by molar-refractivity contribution is 1.01. The molecule has 0 N–H and O–H groups in total. The van der Waals surface area contributed by atoms with Crippen LogP contribution in [0.2, 0.25) is 0 Å². The topological polar surface area (TPSA) is 4.93 Å². The van der Waals surface area contributed by atoms with Gasteiger partial charge in [0.25, 0.3) is 0 Å². The summed E-state index contributed by atoms with van der Waals surface area (Å²) in [4.78, 5) is 0. The summed E-state index contributed by atoms with van der Waals surface area (Å²) >= 11 is 1.89. The second kappa shape index (κ2) is 8.79. The van der Waals surface area contributed by atoms with Crippen LogP contribution in [0.3, 0.4) is 0 Å². The molecule has 2 heterocycles. The zero-order valence-electron chi connectivity index (χ0n) is 22.3. The van der Waals surface area contributed by atoms with E-state index in [-0.39, 0.29) is 5.92 Å². The van der Waals surface area contributed by atoms with Crippen LogP contribution in [-0.2, 0) is 0 Å². The minimum atomic E-state index is 0.213. The fourth-order valence-electron chi connectivity index (χ4n) is 6.92. The van der Waals surface area contributed by atoms with Crippen molar-refractivity contribution in [1.29, 1.82) is 0 Å². The van der Waals surface area contributed by atoms with Gasteiger partial charge in [0.1, 0.15) is 0 Å². The molecule has 0 saturated carbocycles. The maximum Gasteiger partial charge on any atom is 0.0576 e. The number of aromatic nitrogens is 1. The molecular formula is C39H25NS. The van der Waals surface area contributed by atoms with Crippen LogP contribution in [0.25, 0.3) is 59.0 Å². The second-order valence-electron chi connectivity index (χ2n) is 10.9. The Hall–Kier alpha value is -4.92. The van der Waals surface area contributed by atoms with Crippen LogP contribution in [0.5, 0.6) is 0 Å². The van der Waals surface area contributed by atoms with E-state index >= 15 is 0 Å². The van der Waals surface area contributed by atoms with E-state index in [9.17, 15) is 0 Å². The molecule has 0 radical (unpaired) electrons. The summed E-state index contributed by atoms with van der Waals surface area (Å²) in [6.07, 6.45) is 2.23. The van der Waals surface area contributed by atoms with Gasteiger partial charge in [0.05, 0.1) is 5.52 Å². The highest BCUT2D eigenvalue weighted by molar-refractivity contribution is 7.26. The number of fused-ring (bicyclic) bond motifs is 8. The van der Waals surface area contributed by atoms with Gasteiger partial charge in [-0.25, -0.2) is 0 Å².